The molecule has 2 heterocycles. The Morgan fingerprint density at radius 2 is 2.42 bits per heavy atom. The predicted molar refractivity (Wildman–Crippen MR) is 41.9 cm³/mol. The van der Waals surface area contributed by atoms with Gasteiger partial charge >= 0.3 is 0 Å². The first-order valence-electron chi connectivity index (χ1n) is 4.02. The van der Waals surface area contributed by atoms with Gasteiger partial charge in [-0.1, -0.05) is 0 Å². The first-order chi connectivity index (χ1) is 5.77. The topological polar surface area (TPSA) is 55.1 Å². The Hall–Kier alpha value is -1.32. The third-order valence-electron chi connectivity index (χ3n) is 1.89. The highest BCUT2D eigenvalue weighted by atomic mass is 16.4. The standard InChI is InChI=1S/C8H10N2O2/c1-5-10-7-6(12-5)3-2-4-9-8(7)11/h2-4H2,1H3,(H,9,11). The number of rotatable bonds is 0. The molecule has 0 spiro atoms. The fourth-order valence-electron chi connectivity index (χ4n) is 1.35. The molecule has 12 heavy (non-hydrogen) atoms. The number of carbonyl (C=O) groups excluding carboxylic acids is 1. The van der Waals surface area contributed by atoms with E-state index >= 15 is 0 Å². The quantitative estimate of drug-likeness (QED) is 0.616. The number of hydrogen-bond donors (Lipinski definition) is 1. The number of amides is 1. The Balaban J connectivity index is 2.44. The van der Waals surface area contributed by atoms with Gasteiger partial charge in [-0.2, -0.15) is 0 Å². The maximum absolute atomic E-state index is 11.3. The Kier molecular flexibility index (Phi) is 1.60. The van der Waals surface area contributed by atoms with E-state index in [0.717, 1.165) is 18.6 Å². The van der Waals surface area contributed by atoms with Crippen molar-refractivity contribution in [3.8, 4) is 0 Å². The zero-order chi connectivity index (χ0) is 8.55. The van der Waals surface area contributed by atoms with Crippen LogP contribution in [-0.4, -0.2) is 17.4 Å². The van der Waals surface area contributed by atoms with Crippen molar-refractivity contribution < 1.29 is 9.21 Å². The molecule has 1 N–H and O–H groups in total. The van der Waals surface area contributed by atoms with E-state index in [4.69, 9.17) is 4.42 Å². The third kappa shape index (κ3) is 1.09. The molecule has 0 saturated heterocycles. The summed E-state index contributed by atoms with van der Waals surface area (Å²) in [7, 11) is 0. The van der Waals surface area contributed by atoms with Crippen LogP contribution in [0.1, 0.15) is 28.6 Å². The average molecular weight is 166 g/mol. The maximum atomic E-state index is 11.3. The molecule has 0 unspecified atom stereocenters. The number of nitrogens with one attached hydrogen (secondary N) is 1. The van der Waals surface area contributed by atoms with Crippen LogP contribution in [0.2, 0.25) is 0 Å². The Morgan fingerprint density at radius 1 is 1.58 bits per heavy atom. The second-order valence-corrected chi connectivity index (χ2v) is 2.86. The summed E-state index contributed by atoms with van der Waals surface area (Å²) in [6.07, 6.45) is 1.72. The molecule has 0 bridgehead atoms. The van der Waals surface area contributed by atoms with Crippen LogP contribution in [0.25, 0.3) is 0 Å². The molecule has 1 aromatic heterocycles. The predicted octanol–water partition coefficient (Wildman–Crippen LogP) is 0.659. The molecule has 1 amide bonds. The number of oxazole rings is 1. The number of aromatic nitrogens is 1. The maximum Gasteiger partial charge on any atom is 0.273 e. The highest BCUT2D eigenvalue weighted by Gasteiger charge is 2.20. The van der Waals surface area contributed by atoms with Crippen LogP contribution in [0.15, 0.2) is 4.42 Å². The van der Waals surface area contributed by atoms with Crippen molar-refractivity contribution in [1.82, 2.24) is 10.3 Å². The Morgan fingerprint density at radius 3 is 3.25 bits per heavy atom. The van der Waals surface area contributed by atoms with Crippen LogP contribution in [-0.2, 0) is 6.42 Å². The van der Waals surface area contributed by atoms with Gasteiger partial charge < -0.3 is 9.73 Å². The lowest BCUT2D eigenvalue weighted by Gasteiger charge is -1.94. The first-order valence-corrected chi connectivity index (χ1v) is 4.02. The number of nitrogens with zero attached hydrogens (tertiary/aromatic N) is 1. The third-order valence-corrected chi connectivity index (χ3v) is 1.89. The van der Waals surface area contributed by atoms with Crippen molar-refractivity contribution in [3.05, 3.63) is 17.3 Å². The monoisotopic (exact) mass is 166 g/mol. The van der Waals surface area contributed by atoms with Crippen molar-refractivity contribution in [2.45, 2.75) is 19.8 Å². The fraction of sp³-hybridized carbons (Fsp3) is 0.500. The summed E-state index contributed by atoms with van der Waals surface area (Å²) < 4.78 is 5.28. The molecule has 2 rings (SSSR count). The zero-order valence-electron chi connectivity index (χ0n) is 6.89. The van der Waals surface area contributed by atoms with Gasteiger partial charge in [-0.15, -0.1) is 0 Å². The molecule has 1 aliphatic rings. The van der Waals surface area contributed by atoms with Gasteiger partial charge in [0.15, 0.2) is 11.6 Å². The number of hydrogen-bond acceptors (Lipinski definition) is 3. The summed E-state index contributed by atoms with van der Waals surface area (Å²) in [5, 5.41) is 2.75. The van der Waals surface area contributed by atoms with Gasteiger partial charge in [-0.05, 0) is 6.42 Å². The van der Waals surface area contributed by atoms with Crippen LogP contribution in [0.3, 0.4) is 0 Å². The molecule has 1 aromatic rings. The molecule has 0 atom stereocenters. The minimum Gasteiger partial charge on any atom is -0.445 e. The van der Waals surface area contributed by atoms with Gasteiger partial charge in [0, 0.05) is 19.9 Å². The second kappa shape index (κ2) is 2.62. The zero-order valence-corrected chi connectivity index (χ0v) is 6.89. The van der Waals surface area contributed by atoms with E-state index < -0.39 is 0 Å². The molecule has 0 aromatic carbocycles. The summed E-state index contributed by atoms with van der Waals surface area (Å²) in [6.45, 7) is 2.46. The van der Waals surface area contributed by atoms with Crippen LogP contribution in [0, 0.1) is 6.92 Å². The van der Waals surface area contributed by atoms with Crippen molar-refractivity contribution >= 4 is 5.91 Å². The van der Waals surface area contributed by atoms with E-state index in [-0.39, 0.29) is 5.91 Å². The second-order valence-electron chi connectivity index (χ2n) is 2.86. The smallest absolute Gasteiger partial charge is 0.273 e. The minimum absolute atomic E-state index is 0.112. The number of aryl methyl sites for hydroxylation is 2. The van der Waals surface area contributed by atoms with Crippen molar-refractivity contribution in [1.29, 1.82) is 0 Å². The normalized spacial score (nSPS) is 16.6. The molecule has 64 valence electrons. The van der Waals surface area contributed by atoms with Crippen LogP contribution in [0.4, 0.5) is 0 Å². The molecule has 0 aliphatic carbocycles. The van der Waals surface area contributed by atoms with E-state index in [9.17, 15) is 4.79 Å². The van der Waals surface area contributed by atoms with Crippen LogP contribution >= 0.6 is 0 Å². The molecule has 0 saturated carbocycles. The van der Waals surface area contributed by atoms with Crippen LogP contribution < -0.4 is 5.32 Å². The SMILES string of the molecule is Cc1nc2c(o1)CCCNC2=O. The van der Waals surface area contributed by atoms with Crippen molar-refractivity contribution in [3.63, 3.8) is 0 Å². The highest BCUT2D eigenvalue weighted by Crippen LogP contribution is 2.14. The van der Waals surface area contributed by atoms with E-state index in [1.165, 1.54) is 0 Å². The van der Waals surface area contributed by atoms with E-state index in [1.807, 2.05) is 0 Å². The molecule has 0 fully saturated rings. The lowest BCUT2D eigenvalue weighted by atomic mass is 10.2. The summed E-state index contributed by atoms with van der Waals surface area (Å²) in [5.41, 5.74) is 0.463. The van der Waals surface area contributed by atoms with Gasteiger partial charge in [-0.25, -0.2) is 4.98 Å². The number of carbonyl (C=O) groups is 1. The summed E-state index contributed by atoms with van der Waals surface area (Å²) >= 11 is 0. The average Bonchev–Trinajstić information content (AvgIpc) is 2.33. The number of fused-ring (bicyclic) bond motifs is 1. The largest absolute Gasteiger partial charge is 0.445 e. The lowest BCUT2D eigenvalue weighted by Crippen LogP contribution is -2.23. The van der Waals surface area contributed by atoms with Gasteiger partial charge in [0.2, 0.25) is 0 Å². The summed E-state index contributed by atoms with van der Waals surface area (Å²) in [6, 6.07) is 0. The van der Waals surface area contributed by atoms with Crippen molar-refractivity contribution in [2.75, 3.05) is 6.54 Å². The fourth-order valence-corrected chi connectivity index (χ4v) is 1.35. The van der Waals surface area contributed by atoms with Gasteiger partial charge in [-0.3, -0.25) is 4.79 Å². The van der Waals surface area contributed by atoms with Crippen LogP contribution in [0.5, 0.6) is 0 Å². The first kappa shape index (κ1) is 7.34. The van der Waals surface area contributed by atoms with Crippen molar-refractivity contribution in [2.24, 2.45) is 0 Å². The Labute approximate surface area is 70.0 Å². The van der Waals surface area contributed by atoms with E-state index in [0.29, 0.717) is 18.1 Å². The molecular formula is C8H10N2O2. The van der Waals surface area contributed by atoms with E-state index in [2.05, 4.69) is 10.3 Å². The van der Waals surface area contributed by atoms with Gasteiger partial charge in [0.05, 0.1) is 0 Å². The molecule has 4 heteroatoms. The highest BCUT2D eigenvalue weighted by molar-refractivity contribution is 5.93. The lowest BCUT2D eigenvalue weighted by molar-refractivity contribution is 0.0951. The molecule has 4 nitrogen and oxygen atoms in total. The molecule has 0 radical (unpaired) electrons. The minimum atomic E-state index is -0.112. The van der Waals surface area contributed by atoms with E-state index in [1.54, 1.807) is 6.92 Å². The molecular weight excluding hydrogens is 156 g/mol. The Bertz CT molecular complexity index is 317. The van der Waals surface area contributed by atoms with Gasteiger partial charge in [0.25, 0.3) is 5.91 Å². The molecule has 1 aliphatic heterocycles. The summed E-state index contributed by atoms with van der Waals surface area (Å²) in [5.74, 6) is 1.18. The van der Waals surface area contributed by atoms with Gasteiger partial charge in [0.1, 0.15) is 5.76 Å². The summed E-state index contributed by atoms with van der Waals surface area (Å²) in [4.78, 5) is 15.3.